The van der Waals surface area contributed by atoms with Crippen molar-refractivity contribution in [1.82, 2.24) is 19.9 Å². The van der Waals surface area contributed by atoms with Gasteiger partial charge in [0.2, 0.25) is 0 Å². The number of aliphatic hydroxyl groups is 1. The van der Waals surface area contributed by atoms with Crippen LogP contribution in [-0.4, -0.2) is 37.4 Å². The third-order valence-electron chi connectivity index (χ3n) is 5.44. The van der Waals surface area contributed by atoms with Crippen molar-refractivity contribution in [1.29, 1.82) is 5.41 Å². The smallest absolute Gasteiger partial charge is 0.187 e. The number of nitrogens with zero attached hydrogens (tertiary/aromatic N) is 5. The summed E-state index contributed by atoms with van der Waals surface area (Å²) in [6.07, 6.45) is 2.82. The minimum absolute atomic E-state index is 0.0401. The molecule has 0 spiro atoms. The summed E-state index contributed by atoms with van der Waals surface area (Å²) in [5, 5.41) is 23.7. The number of rotatable bonds is 8. The molecule has 2 aromatic heterocycles. The normalized spacial score (nSPS) is 11.8. The van der Waals surface area contributed by atoms with E-state index in [2.05, 4.69) is 35.4 Å². The lowest BCUT2D eigenvalue weighted by Gasteiger charge is -2.15. The summed E-state index contributed by atoms with van der Waals surface area (Å²) in [5.74, 6) is 1.33. The Balaban J connectivity index is 0.000000212. The minimum Gasteiger partial charge on any atom is -0.390 e. The van der Waals surface area contributed by atoms with Crippen LogP contribution in [-0.2, 0) is 0 Å². The molecule has 11 heteroatoms. The molecule has 0 amide bonds. The van der Waals surface area contributed by atoms with E-state index in [0.717, 1.165) is 11.1 Å². The van der Waals surface area contributed by atoms with Gasteiger partial charge in [-0.15, -0.1) is 0 Å². The molecular weight excluding hydrogens is 523 g/mol. The van der Waals surface area contributed by atoms with Gasteiger partial charge in [-0.25, -0.2) is 24.8 Å². The van der Waals surface area contributed by atoms with Crippen LogP contribution in [0.5, 0.6) is 0 Å². The average Bonchev–Trinajstić information content (AvgIpc) is 2.93. The first-order valence-electron chi connectivity index (χ1n) is 11.5. The second-order valence-corrected chi connectivity index (χ2v) is 8.92. The first kappa shape index (κ1) is 28.5. The predicted molar refractivity (Wildman–Crippen MR) is 151 cm³/mol. The number of hydrogen-bond acceptors (Lipinski definition) is 8. The molecule has 2 atom stereocenters. The van der Waals surface area contributed by atoms with Crippen molar-refractivity contribution in [2.45, 2.75) is 25.9 Å². The zero-order valence-electron chi connectivity index (χ0n) is 20.7. The Morgan fingerprint density at radius 2 is 1.29 bits per heavy atom. The Labute approximate surface area is 231 Å². The highest BCUT2D eigenvalue weighted by molar-refractivity contribution is 6.29. The molecule has 4 N–H and O–H groups in total. The second-order valence-electron chi connectivity index (χ2n) is 8.15. The van der Waals surface area contributed by atoms with Gasteiger partial charge < -0.3 is 21.1 Å². The van der Waals surface area contributed by atoms with E-state index in [-0.39, 0.29) is 24.4 Å². The molecule has 4 aromatic rings. The van der Waals surface area contributed by atoms with Crippen LogP contribution in [0, 0.1) is 12.0 Å². The number of anilines is 2. The number of hydrogen-bond donors (Lipinski definition) is 4. The molecule has 2 aromatic carbocycles. The van der Waals surface area contributed by atoms with Crippen LogP contribution >= 0.6 is 23.2 Å². The average molecular weight is 549 g/mol. The van der Waals surface area contributed by atoms with E-state index in [1.165, 1.54) is 12.7 Å². The molecule has 0 radical (unpaired) electrons. The molecule has 0 aliphatic heterocycles. The van der Waals surface area contributed by atoms with E-state index in [0.29, 0.717) is 33.2 Å². The van der Waals surface area contributed by atoms with Crippen molar-refractivity contribution < 1.29 is 5.11 Å². The van der Waals surface area contributed by atoms with Crippen molar-refractivity contribution in [3.05, 3.63) is 112 Å². The van der Waals surface area contributed by atoms with Gasteiger partial charge in [0, 0.05) is 24.2 Å². The fraction of sp³-hybridized carbons (Fsp3) is 0.185. The molecule has 4 rings (SSSR count). The molecular formula is C27H26Cl2N8O. The molecule has 0 aliphatic carbocycles. The molecule has 0 fully saturated rings. The summed E-state index contributed by atoms with van der Waals surface area (Å²) in [7, 11) is 0. The molecule has 9 nitrogen and oxygen atoms in total. The van der Waals surface area contributed by atoms with Gasteiger partial charge in [0.15, 0.2) is 5.69 Å². The van der Waals surface area contributed by atoms with Crippen LogP contribution in [0.4, 0.5) is 17.3 Å². The highest BCUT2D eigenvalue weighted by Crippen LogP contribution is 2.22. The second kappa shape index (κ2) is 14.0. The zero-order chi connectivity index (χ0) is 27.5. The summed E-state index contributed by atoms with van der Waals surface area (Å²) in [6.45, 7) is 10.7. The van der Waals surface area contributed by atoms with Crippen molar-refractivity contribution in [2.24, 2.45) is 0 Å². The quantitative estimate of drug-likeness (QED) is 0.112. The Morgan fingerprint density at radius 3 is 1.68 bits per heavy atom. The first-order chi connectivity index (χ1) is 18.3. The van der Waals surface area contributed by atoms with Gasteiger partial charge in [-0.05, 0) is 30.5 Å². The fourth-order valence-electron chi connectivity index (χ4n) is 3.34. The highest BCUT2D eigenvalue weighted by Gasteiger charge is 2.08. The van der Waals surface area contributed by atoms with Crippen LogP contribution in [0.25, 0.3) is 4.85 Å². The maximum atomic E-state index is 8.92. The summed E-state index contributed by atoms with van der Waals surface area (Å²) in [4.78, 5) is 19.2. The summed E-state index contributed by atoms with van der Waals surface area (Å²) in [5.41, 5.74) is 3.69. The van der Waals surface area contributed by atoms with Gasteiger partial charge in [0.05, 0.1) is 18.9 Å². The monoisotopic (exact) mass is 548 g/mol. The fourth-order valence-corrected chi connectivity index (χ4v) is 3.63. The third-order valence-corrected chi connectivity index (χ3v) is 5.85. The topological polar surface area (TPSA) is 124 Å². The van der Waals surface area contributed by atoms with Crippen molar-refractivity contribution >= 4 is 46.2 Å². The van der Waals surface area contributed by atoms with E-state index in [4.69, 9.17) is 40.3 Å². The summed E-state index contributed by atoms with van der Waals surface area (Å²) >= 11 is 11.6. The minimum atomic E-state index is -0.257. The molecule has 194 valence electrons. The highest BCUT2D eigenvalue weighted by atomic mass is 35.5. The van der Waals surface area contributed by atoms with Crippen LogP contribution in [0.1, 0.15) is 42.6 Å². The van der Waals surface area contributed by atoms with Gasteiger partial charge in [0.1, 0.15) is 34.6 Å². The van der Waals surface area contributed by atoms with Gasteiger partial charge in [-0.3, -0.25) is 0 Å². The molecule has 38 heavy (non-hydrogen) atoms. The van der Waals surface area contributed by atoms with Crippen molar-refractivity contribution in [3.63, 3.8) is 0 Å². The molecule has 0 saturated carbocycles. The predicted octanol–water partition coefficient (Wildman–Crippen LogP) is 6.52. The number of nitrogens with one attached hydrogen (secondary N) is 3. The van der Waals surface area contributed by atoms with E-state index < -0.39 is 0 Å². The van der Waals surface area contributed by atoms with Crippen LogP contribution in [0.3, 0.4) is 0 Å². The molecule has 2 unspecified atom stereocenters. The van der Waals surface area contributed by atoms with Gasteiger partial charge in [-0.1, -0.05) is 71.7 Å². The van der Waals surface area contributed by atoms with Crippen molar-refractivity contribution in [2.75, 3.05) is 17.2 Å². The Kier molecular flexibility index (Phi) is 10.5. The van der Waals surface area contributed by atoms with Gasteiger partial charge >= 0.3 is 0 Å². The number of benzene rings is 2. The maximum absolute atomic E-state index is 8.92. The number of aliphatic hydroxyl groups excluding tert-OH is 1. The zero-order valence-corrected chi connectivity index (χ0v) is 22.2. The Bertz CT molecular complexity index is 1390. The van der Waals surface area contributed by atoms with E-state index in [1.54, 1.807) is 24.3 Å². The molecule has 0 saturated heterocycles. The lowest BCUT2D eigenvalue weighted by Crippen LogP contribution is -2.09. The van der Waals surface area contributed by atoms with Crippen LogP contribution in [0.2, 0.25) is 10.3 Å². The van der Waals surface area contributed by atoms with Crippen LogP contribution in [0.15, 0.2) is 73.3 Å². The molecule has 0 aliphatic rings. The van der Waals surface area contributed by atoms with E-state index in [9.17, 15) is 0 Å². The lowest BCUT2D eigenvalue weighted by atomic mass is 10.0. The van der Waals surface area contributed by atoms with Crippen LogP contribution < -0.4 is 10.6 Å². The van der Waals surface area contributed by atoms with Crippen molar-refractivity contribution in [3.8, 4) is 0 Å². The number of halogens is 2. The lowest BCUT2D eigenvalue weighted by molar-refractivity contribution is 0.357. The van der Waals surface area contributed by atoms with E-state index in [1.807, 2.05) is 50.2 Å². The summed E-state index contributed by atoms with van der Waals surface area (Å²) < 4.78 is 0. The van der Waals surface area contributed by atoms with E-state index >= 15 is 0 Å². The SMILES string of the molecule is CC(Nc1cc(Cl)ncn1)c1ccc(C(=N)CO)cc1.[C-]#[N+]c1ccc(C(C)Nc2cc(Cl)ncn2)cc1. The Morgan fingerprint density at radius 1 is 0.842 bits per heavy atom. The maximum Gasteiger partial charge on any atom is 0.187 e. The largest absolute Gasteiger partial charge is 0.390 e. The van der Waals surface area contributed by atoms with Gasteiger partial charge in [-0.2, -0.15) is 0 Å². The van der Waals surface area contributed by atoms with Gasteiger partial charge in [0.25, 0.3) is 0 Å². The molecule has 0 bridgehead atoms. The molecule has 2 heterocycles. The third kappa shape index (κ3) is 8.49. The first-order valence-corrected chi connectivity index (χ1v) is 12.3. The standard InChI is InChI=1S/C14H15ClN4O.C13H11ClN4/c1-9(19-14-6-13(15)17-8-18-14)10-2-4-11(5-3-10)12(16)7-20;1-9(10-3-5-11(15-2)6-4-10)18-13-7-12(14)16-8-17-13/h2-6,8-9,16,20H,7H2,1H3,(H,17,18,19);3-9H,1H3,(H,16,17,18). The summed E-state index contributed by atoms with van der Waals surface area (Å²) in [6, 6.07) is 18.4. The number of aromatic nitrogens is 4. The Hall–Kier alpha value is -4.10.